The Balaban J connectivity index is 0. The number of hydrogen-bond acceptors (Lipinski definition) is 2. The summed E-state index contributed by atoms with van der Waals surface area (Å²) in [7, 11) is 0. The molecule has 1 amide bonds. The van der Waals surface area contributed by atoms with Crippen LogP contribution in [-0.2, 0) is 4.74 Å². The molecule has 0 fully saturated rings. The van der Waals surface area contributed by atoms with Crippen molar-refractivity contribution < 1.29 is 9.53 Å². The lowest BCUT2D eigenvalue weighted by Crippen LogP contribution is -2.32. The van der Waals surface area contributed by atoms with Gasteiger partial charge >= 0.3 is 6.09 Å². The molecular weight excluding hydrogens is 190 g/mol. The van der Waals surface area contributed by atoms with Crippen LogP contribution in [0.15, 0.2) is 12.2 Å². The molecule has 0 heterocycles. The van der Waals surface area contributed by atoms with Gasteiger partial charge < -0.3 is 9.64 Å². The second-order valence-electron chi connectivity index (χ2n) is 2.99. The molecule has 90 valence electrons. The van der Waals surface area contributed by atoms with Crippen molar-refractivity contribution >= 4 is 6.09 Å². The van der Waals surface area contributed by atoms with Crippen LogP contribution >= 0.6 is 0 Å². The standard InChI is InChI=1S/C10H19NO2.C2H6/c1-5-11(8-7-9(3)4)10(12)13-6-2;1-2/h3,5-8H2,1-2,4H3;1-2H3. The Morgan fingerprint density at radius 3 is 2.20 bits per heavy atom. The topological polar surface area (TPSA) is 29.5 Å². The van der Waals surface area contributed by atoms with Crippen molar-refractivity contribution in [2.45, 2.75) is 41.0 Å². The molecule has 0 rings (SSSR count). The van der Waals surface area contributed by atoms with Gasteiger partial charge in [0.2, 0.25) is 0 Å². The lowest BCUT2D eigenvalue weighted by atomic mass is 10.2. The van der Waals surface area contributed by atoms with Crippen molar-refractivity contribution in [1.82, 2.24) is 4.90 Å². The van der Waals surface area contributed by atoms with Crippen molar-refractivity contribution in [2.24, 2.45) is 0 Å². The Hall–Kier alpha value is -0.990. The van der Waals surface area contributed by atoms with Crippen LogP contribution in [0.3, 0.4) is 0 Å². The number of ether oxygens (including phenoxy) is 1. The van der Waals surface area contributed by atoms with E-state index in [1.807, 2.05) is 34.6 Å². The fourth-order valence-electron chi connectivity index (χ4n) is 0.919. The van der Waals surface area contributed by atoms with Gasteiger partial charge in [-0.05, 0) is 27.2 Å². The van der Waals surface area contributed by atoms with E-state index in [4.69, 9.17) is 4.74 Å². The van der Waals surface area contributed by atoms with Crippen molar-refractivity contribution in [3.05, 3.63) is 12.2 Å². The first-order chi connectivity index (χ1) is 7.11. The predicted molar refractivity (Wildman–Crippen MR) is 65.0 cm³/mol. The van der Waals surface area contributed by atoms with Crippen LogP contribution < -0.4 is 0 Å². The highest BCUT2D eigenvalue weighted by molar-refractivity contribution is 5.67. The smallest absolute Gasteiger partial charge is 0.409 e. The van der Waals surface area contributed by atoms with E-state index in [0.29, 0.717) is 19.7 Å². The maximum atomic E-state index is 11.3. The minimum absolute atomic E-state index is 0.230. The van der Waals surface area contributed by atoms with Crippen LogP contribution in [0.25, 0.3) is 0 Å². The highest BCUT2D eigenvalue weighted by Gasteiger charge is 2.10. The van der Waals surface area contributed by atoms with Crippen molar-refractivity contribution in [3.63, 3.8) is 0 Å². The van der Waals surface area contributed by atoms with Crippen molar-refractivity contribution in [1.29, 1.82) is 0 Å². The summed E-state index contributed by atoms with van der Waals surface area (Å²) < 4.78 is 4.88. The lowest BCUT2D eigenvalue weighted by Gasteiger charge is -2.19. The average molecular weight is 215 g/mol. The van der Waals surface area contributed by atoms with Gasteiger partial charge in [-0.15, -0.1) is 6.58 Å². The zero-order valence-electron chi connectivity index (χ0n) is 10.8. The number of rotatable bonds is 5. The fourth-order valence-corrected chi connectivity index (χ4v) is 0.919. The first kappa shape index (κ1) is 16.4. The maximum Gasteiger partial charge on any atom is 0.409 e. The summed E-state index contributed by atoms with van der Waals surface area (Å²) in [5, 5.41) is 0. The molecule has 3 heteroatoms. The van der Waals surface area contributed by atoms with Crippen LogP contribution in [0.5, 0.6) is 0 Å². The van der Waals surface area contributed by atoms with Crippen LogP contribution in [0.2, 0.25) is 0 Å². The lowest BCUT2D eigenvalue weighted by molar-refractivity contribution is 0.109. The van der Waals surface area contributed by atoms with Gasteiger partial charge in [0.25, 0.3) is 0 Å². The van der Waals surface area contributed by atoms with Gasteiger partial charge in [0.1, 0.15) is 0 Å². The van der Waals surface area contributed by atoms with Crippen LogP contribution in [0.1, 0.15) is 41.0 Å². The van der Waals surface area contributed by atoms with E-state index in [-0.39, 0.29) is 6.09 Å². The second kappa shape index (κ2) is 11.1. The summed E-state index contributed by atoms with van der Waals surface area (Å²) in [6, 6.07) is 0. The van der Waals surface area contributed by atoms with Gasteiger partial charge in [-0.25, -0.2) is 4.79 Å². The summed E-state index contributed by atoms with van der Waals surface area (Å²) in [6.07, 6.45) is 0.610. The zero-order chi connectivity index (χ0) is 12.3. The molecule has 0 aliphatic rings. The molecule has 0 saturated heterocycles. The van der Waals surface area contributed by atoms with Crippen molar-refractivity contribution in [2.75, 3.05) is 19.7 Å². The van der Waals surface area contributed by atoms with Gasteiger partial charge in [0, 0.05) is 13.1 Å². The van der Waals surface area contributed by atoms with Crippen LogP contribution in [0, 0.1) is 0 Å². The third-order valence-corrected chi connectivity index (χ3v) is 1.72. The third-order valence-electron chi connectivity index (χ3n) is 1.72. The van der Waals surface area contributed by atoms with Crippen LogP contribution in [0.4, 0.5) is 4.79 Å². The summed E-state index contributed by atoms with van der Waals surface area (Å²) >= 11 is 0. The molecule has 15 heavy (non-hydrogen) atoms. The fraction of sp³-hybridized carbons (Fsp3) is 0.750. The number of carbonyl (C=O) groups is 1. The molecule has 0 aromatic heterocycles. The van der Waals surface area contributed by atoms with Gasteiger partial charge in [0.05, 0.1) is 6.61 Å². The average Bonchev–Trinajstić information content (AvgIpc) is 2.21. The largest absolute Gasteiger partial charge is 0.450 e. The zero-order valence-corrected chi connectivity index (χ0v) is 10.8. The molecule has 0 N–H and O–H groups in total. The molecule has 0 saturated carbocycles. The molecule has 0 spiro atoms. The highest BCUT2D eigenvalue weighted by Crippen LogP contribution is 2.01. The van der Waals surface area contributed by atoms with Gasteiger partial charge in [-0.1, -0.05) is 19.4 Å². The van der Waals surface area contributed by atoms with Crippen molar-refractivity contribution in [3.8, 4) is 0 Å². The van der Waals surface area contributed by atoms with E-state index in [1.165, 1.54) is 0 Å². The Bertz CT molecular complexity index is 178. The number of amides is 1. The normalized spacial score (nSPS) is 8.60. The minimum Gasteiger partial charge on any atom is -0.450 e. The number of hydrogen-bond donors (Lipinski definition) is 0. The monoisotopic (exact) mass is 215 g/mol. The molecule has 0 aliphatic heterocycles. The summed E-state index contributed by atoms with van der Waals surface area (Å²) in [5.41, 5.74) is 1.09. The molecule has 0 aromatic carbocycles. The highest BCUT2D eigenvalue weighted by atomic mass is 16.6. The summed E-state index contributed by atoms with van der Waals surface area (Å²) in [6.45, 7) is 15.3. The van der Waals surface area contributed by atoms with E-state index in [9.17, 15) is 4.79 Å². The maximum absolute atomic E-state index is 11.3. The molecule has 0 unspecified atom stereocenters. The molecule has 0 aliphatic carbocycles. The van der Waals surface area contributed by atoms with E-state index in [1.54, 1.807) is 4.90 Å². The Morgan fingerprint density at radius 2 is 1.87 bits per heavy atom. The van der Waals surface area contributed by atoms with E-state index in [2.05, 4.69) is 6.58 Å². The predicted octanol–water partition coefficient (Wildman–Crippen LogP) is 3.46. The van der Waals surface area contributed by atoms with Gasteiger partial charge in [-0.3, -0.25) is 0 Å². The second-order valence-corrected chi connectivity index (χ2v) is 2.99. The first-order valence-corrected chi connectivity index (χ1v) is 5.67. The molecular formula is C12H25NO2. The molecule has 3 nitrogen and oxygen atoms in total. The summed E-state index contributed by atoms with van der Waals surface area (Å²) in [4.78, 5) is 12.9. The van der Waals surface area contributed by atoms with Gasteiger partial charge in [0.15, 0.2) is 0 Å². The molecule has 0 atom stereocenters. The minimum atomic E-state index is -0.230. The summed E-state index contributed by atoms with van der Waals surface area (Å²) in [5.74, 6) is 0. The molecule has 0 bridgehead atoms. The molecule has 0 aromatic rings. The quantitative estimate of drug-likeness (QED) is 0.657. The van der Waals surface area contributed by atoms with E-state index < -0.39 is 0 Å². The number of nitrogens with zero attached hydrogens (tertiary/aromatic N) is 1. The first-order valence-electron chi connectivity index (χ1n) is 5.67. The van der Waals surface area contributed by atoms with Crippen LogP contribution in [-0.4, -0.2) is 30.7 Å². The SMILES string of the molecule is C=C(C)CCN(CC)C(=O)OCC.CC. The Kier molecular flexibility index (Phi) is 12.2. The Labute approximate surface area is 94.1 Å². The van der Waals surface area contributed by atoms with Gasteiger partial charge in [-0.2, -0.15) is 0 Å². The Morgan fingerprint density at radius 1 is 1.33 bits per heavy atom. The number of carbonyl (C=O) groups excluding carboxylic acids is 1. The van der Waals surface area contributed by atoms with E-state index in [0.717, 1.165) is 12.0 Å². The molecule has 0 radical (unpaired) electrons. The third kappa shape index (κ3) is 9.32. The van der Waals surface area contributed by atoms with E-state index >= 15 is 0 Å².